The number of aliphatic hydroxyl groups excluding tert-OH is 4. The molecule has 7 N–H and O–H groups in total. The monoisotopic (exact) mass is 563 g/mol. The minimum Gasteiger partial charge on any atom is -0.508 e. The molecule has 5 atom stereocenters. The van der Waals surface area contributed by atoms with Gasteiger partial charge in [-0.1, -0.05) is 0 Å². The Kier molecular flexibility index (Phi) is 5.48. The fraction of sp³-hybridized carbons (Fsp3) is 0.286. The number of carbonyl (C=O) groups excluding carboxylic acids is 2. The number of hydrogen-bond acceptors (Lipinski definition) is 10. The molecule has 1 saturated heterocycles. The second-order valence-electron chi connectivity index (χ2n) is 10.2. The Morgan fingerprint density at radius 2 is 1.59 bits per heavy atom. The number of carbonyl (C=O) groups is 2. The smallest absolute Gasteiger partial charge is 0.259 e. The Balaban J connectivity index is 1.71. The molecule has 4 heterocycles. The van der Waals surface area contributed by atoms with Crippen molar-refractivity contribution >= 4 is 55.4 Å². The topological polar surface area (TPSA) is 196 Å². The zero-order valence-electron chi connectivity index (χ0n) is 21.7. The third-order valence-corrected chi connectivity index (χ3v) is 8.08. The Bertz CT molecular complexity index is 1940. The molecule has 212 valence electrons. The van der Waals surface area contributed by atoms with Gasteiger partial charge >= 0.3 is 0 Å². The van der Waals surface area contributed by atoms with E-state index in [1.165, 1.54) is 30.9 Å². The van der Waals surface area contributed by atoms with Crippen LogP contribution in [0.3, 0.4) is 0 Å². The van der Waals surface area contributed by atoms with Crippen molar-refractivity contribution in [3.8, 4) is 17.2 Å². The Labute approximate surface area is 230 Å². The van der Waals surface area contributed by atoms with E-state index in [0.717, 1.165) is 0 Å². The minimum atomic E-state index is -1.68. The maximum atomic E-state index is 13.3. The van der Waals surface area contributed by atoms with Gasteiger partial charge < -0.3 is 49.3 Å². The van der Waals surface area contributed by atoms with Crippen molar-refractivity contribution in [1.29, 1.82) is 0 Å². The molecule has 13 heteroatoms. The average Bonchev–Trinajstić information content (AvgIpc) is 3.59. The molecule has 2 amide bonds. The first kappa shape index (κ1) is 25.6. The first-order chi connectivity index (χ1) is 19.7. The number of ether oxygens (including phenoxy) is 3. The fourth-order valence-corrected chi connectivity index (χ4v) is 6.25. The van der Waals surface area contributed by atoms with Gasteiger partial charge in [-0.3, -0.25) is 14.9 Å². The Hall–Kier alpha value is -4.40. The van der Waals surface area contributed by atoms with Crippen LogP contribution in [0.4, 0.5) is 0 Å². The number of phenols is 1. The van der Waals surface area contributed by atoms with E-state index >= 15 is 0 Å². The Morgan fingerprint density at radius 3 is 2.27 bits per heavy atom. The molecular weight excluding hydrogens is 538 g/mol. The van der Waals surface area contributed by atoms with Crippen LogP contribution in [0.5, 0.6) is 17.2 Å². The number of fused-ring (bicyclic) bond motifs is 10. The molecule has 13 nitrogen and oxygen atoms in total. The molecule has 2 aliphatic heterocycles. The molecule has 0 aliphatic carbocycles. The summed E-state index contributed by atoms with van der Waals surface area (Å²) in [6, 6.07) is 7.75. The van der Waals surface area contributed by atoms with E-state index in [4.69, 9.17) is 14.2 Å². The number of nitrogens with one attached hydrogen (secondary N) is 2. The van der Waals surface area contributed by atoms with Crippen molar-refractivity contribution in [1.82, 2.24) is 14.9 Å². The lowest BCUT2D eigenvalue weighted by Crippen LogP contribution is -2.56. The van der Waals surface area contributed by atoms with E-state index in [-0.39, 0.29) is 16.9 Å². The summed E-state index contributed by atoms with van der Waals surface area (Å²) >= 11 is 0. The van der Waals surface area contributed by atoms with Crippen LogP contribution in [0, 0.1) is 0 Å². The molecule has 2 aromatic heterocycles. The first-order valence-electron chi connectivity index (χ1n) is 12.8. The van der Waals surface area contributed by atoms with Crippen LogP contribution in [-0.2, 0) is 4.74 Å². The molecule has 1 fully saturated rings. The van der Waals surface area contributed by atoms with Crippen molar-refractivity contribution in [2.24, 2.45) is 0 Å². The van der Waals surface area contributed by atoms with E-state index in [1.54, 1.807) is 18.2 Å². The maximum absolute atomic E-state index is 13.3. The van der Waals surface area contributed by atoms with E-state index in [1.807, 2.05) is 0 Å². The van der Waals surface area contributed by atoms with Crippen LogP contribution >= 0.6 is 0 Å². The number of amides is 2. The summed E-state index contributed by atoms with van der Waals surface area (Å²) in [5.41, 5.74) is 1.83. The van der Waals surface area contributed by atoms with Crippen LogP contribution in [0.2, 0.25) is 0 Å². The number of hydrogen-bond donors (Lipinski definition) is 7. The number of rotatable bonds is 4. The van der Waals surface area contributed by atoms with Crippen LogP contribution in [0.1, 0.15) is 26.9 Å². The number of methoxy groups -OCH3 is 2. The second-order valence-corrected chi connectivity index (χ2v) is 10.2. The number of imide groups is 1. The van der Waals surface area contributed by atoms with Crippen molar-refractivity contribution in [2.45, 2.75) is 30.6 Å². The van der Waals surface area contributed by atoms with Gasteiger partial charge in [0.1, 0.15) is 30.2 Å². The number of aliphatic hydroxyl groups is 4. The van der Waals surface area contributed by atoms with Gasteiger partial charge in [0.25, 0.3) is 11.8 Å². The average molecular weight is 564 g/mol. The number of aromatic hydroxyl groups is 1. The number of benzene rings is 3. The zero-order chi connectivity index (χ0) is 28.9. The Morgan fingerprint density at radius 1 is 0.902 bits per heavy atom. The van der Waals surface area contributed by atoms with Gasteiger partial charge in [0.2, 0.25) is 0 Å². The predicted octanol–water partition coefficient (Wildman–Crippen LogP) is 1.01. The summed E-state index contributed by atoms with van der Waals surface area (Å²) < 4.78 is 18.4. The molecule has 7 rings (SSSR count). The normalized spacial score (nSPS) is 24.5. The molecule has 0 radical (unpaired) electrons. The molecule has 5 unspecified atom stereocenters. The number of aromatic nitrogens is 2. The molecule has 5 aromatic rings. The van der Waals surface area contributed by atoms with Crippen molar-refractivity contribution in [3.63, 3.8) is 0 Å². The number of phenolic OH excluding ortho intramolecular Hbond substituents is 1. The third kappa shape index (κ3) is 3.29. The summed E-state index contributed by atoms with van der Waals surface area (Å²) in [5, 5.41) is 56.5. The highest BCUT2D eigenvalue weighted by atomic mass is 16.6. The molecule has 0 saturated carbocycles. The molecule has 0 spiro atoms. The summed E-state index contributed by atoms with van der Waals surface area (Å²) in [4.78, 5) is 29.9. The lowest BCUT2D eigenvalue weighted by molar-refractivity contribution is -0.249. The van der Waals surface area contributed by atoms with Crippen LogP contribution < -0.4 is 14.8 Å². The number of aromatic amines is 1. The van der Waals surface area contributed by atoms with Gasteiger partial charge in [-0.2, -0.15) is 0 Å². The summed E-state index contributed by atoms with van der Waals surface area (Å²) in [6.45, 7) is -0.646. The lowest BCUT2D eigenvalue weighted by atomic mass is 9.96. The highest BCUT2D eigenvalue weighted by Gasteiger charge is 2.46. The maximum Gasteiger partial charge on any atom is 0.259 e. The van der Waals surface area contributed by atoms with Crippen molar-refractivity contribution in [2.75, 3.05) is 20.8 Å². The van der Waals surface area contributed by atoms with E-state index in [0.29, 0.717) is 55.1 Å². The standard InChI is InChI=1S/C28H25N3O10/c1-39-14-6-10-12(7-15(14)40-2)29-21-17(10)19-20(27(38)30-26(19)37)18-11-5-9(33)3-4-13(11)31(22(18)21)28-25(36)24(35)23(34)16(8-32)41-28/h3-7,16,23-25,28-29,32-36H,8H2,1-2H3,(H,30,37,38). The highest BCUT2D eigenvalue weighted by Crippen LogP contribution is 2.47. The van der Waals surface area contributed by atoms with Crippen molar-refractivity contribution < 1.29 is 49.3 Å². The SMILES string of the molecule is COc1cc2[nH]c3c(c4c(c5c6cc(O)ccc6n(C6OC(CO)C(O)C(O)C6O)c35)C(=O)NC4=O)c2cc1OC. The number of nitrogens with zero attached hydrogens (tertiary/aromatic N) is 1. The van der Waals surface area contributed by atoms with Gasteiger partial charge in [0, 0.05) is 27.6 Å². The van der Waals surface area contributed by atoms with Gasteiger partial charge in [-0.05, 0) is 24.3 Å². The van der Waals surface area contributed by atoms with Crippen LogP contribution in [0.25, 0.3) is 43.6 Å². The van der Waals surface area contributed by atoms with Gasteiger partial charge in [-0.15, -0.1) is 0 Å². The first-order valence-corrected chi connectivity index (χ1v) is 12.8. The van der Waals surface area contributed by atoms with Crippen molar-refractivity contribution in [3.05, 3.63) is 41.5 Å². The molecule has 0 bridgehead atoms. The largest absolute Gasteiger partial charge is 0.508 e. The predicted molar refractivity (Wildman–Crippen MR) is 144 cm³/mol. The van der Waals surface area contributed by atoms with E-state index in [9.17, 15) is 35.1 Å². The summed E-state index contributed by atoms with van der Waals surface area (Å²) in [6.07, 6.45) is -7.50. The van der Waals surface area contributed by atoms with Gasteiger partial charge in [-0.25, -0.2) is 0 Å². The molecule has 3 aromatic carbocycles. The molecule has 41 heavy (non-hydrogen) atoms. The number of H-pyrrole nitrogens is 1. The van der Waals surface area contributed by atoms with Gasteiger partial charge in [0.05, 0.1) is 54.0 Å². The zero-order valence-corrected chi connectivity index (χ0v) is 21.7. The molecule has 2 aliphatic rings. The van der Waals surface area contributed by atoms with Crippen LogP contribution in [-0.4, -0.2) is 92.1 Å². The molecular formula is C28H25N3O10. The second kappa shape index (κ2) is 8.80. The quantitative estimate of drug-likeness (QED) is 0.155. The fourth-order valence-electron chi connectivity index (χ4n) is 6.25. The van der Waals surface area contributed by atoms with Gasteiger partial charge in [0.15, 0.2) is 17.7 Å². The van der Waals surface area contributed by atoms with E-state index in [2.05, 4.69) is 10.3 Å². The van der Waals surface area contributed by atoms with E-state index < -0.39 is 49.1 Å². The minimum absolute atomic E-state index is 0.0622. The lowest BCUT2D eigenvalue weighted by Gasteiger charge is -2.41. The third-order valence-electron chi connectivity index (χ3n) is 8.08. The highest BCUT2D eigenvalue weighted by molar-refractivity contribution is 6.39. The summed E-state index contributed by atoms with van der Waals surface area (Å²) in [5.74, 6) is -0.572. The van der Waals surface area contributed by atoms with Crippen LogP contribution in [0.15, 0.2) is 30.3 Å². The summed E-state index contributed by atoms with van der Waals surface area (Å²) in [7, 11) is 2.96.